The standard InChI is InChI=1S/C85H53BN8S/c1-5-23-55(24-6-1)69-53-70(59-30-21-29-58(51-59)54-43-46-62(47-44-54)93-74-39-19-16-36-68(74)86-67-35-15-18-38-73(67)92(61-31-11-4-12-32-61)76-40-22-41-77(93)80(76)86)88-85(87-69)66-52-60(84-90-82(56-25-7-2-8-26-56)89-83(91-84)57-27-9-3-10-28-57)45-49-72(66)94-71-37-17-13-34-65(71)79-75(94)50-48-64-63-33-14-20-42-78(63)95-81(64)79/h1-53H. The zero-order chi connectivity index (χ0) is 62.5. The maximum atomic E-state index is 5.70. The third-order valence-corrected chi connectivity index (χ3v) is 20.1. The number of rotatable bonds is 10. The Morgan fingerprint density at radius 3 is 1.46 bits per heavy atom. The third-order valence-electron chi connectivity index (χ3n) is 18.9. The highest BCUT2D eigenvalue weighted by atomic mass is 32.1. The lowest BCUT2D eigenvalue weighted by Crippen LogP contribution is -2.61. The van der Waals surface area contributed by atoms with E-state index >= 15 is 0 Å². The highest BCUT2D eigenvalue weighted by molar-refractivity contribution is 7.26. The van der Waals surface area contributed by atoms with Gasteiger partial charge >= 0.3 is 0 Å². The van der Waals surface area contributed by atoms with Crippen molar-refractivity contribution in [2.24, 2.45) is 0 Å². The molecule has 0 N–H and O–H groups in total. The summed E-state index contributed by atoms with van der Waals surface area (Å²) < 4.78 is 4.92. The molecular formula is C85H53BN8S. The van der Waals surface area contributed by atoms with Crippen molar-refractivity contribution in [1.82, 2.24) is 29.5 Å². The molecule has 13 aromatic carbocycles. The Hall–Kier alpha value is -12.4. The van der Waals surface area contributed by atoms with E-state index in [-0.39, 0.29) is 6.71 Å². The average Bonchev–Trinajstić information content (AvgIpc) is 1.66. The molecule has 4 aromatic heterocycles. The molecule has 442 valence electrons. The summed E-state index contributed by atoms with van der Waals surface area (Å²) in [5, 5.41) is 4.90. The van der Waals surface area contributed by atoms with Gasteiger partial charge in [0.2, 0.25) is 0 Å². The zero-order valence-corrected chi connectivity index (χ0v) is 52.0. The van der Waals surface area contributed by atoms with Crippen LogP contribution >= 0.6 is 11.3 Å². The zero-order valence-electron chi connectivity index (χ0n) is 51.2. The van der Waals surface area contributed by atoms with Gasteiger partial charge in [0.15, 0.2) is 23.3 Å². The van der Waals surface area contributed by atoms with E-state index in [0.717, 1.165) is 84.0 Å². The number of anilines is 6. The number of hydrogen-bond donors (Lipinski definition) is 0. The average molecular weight is 1230 g/mol. The molecule has 0 unspecified atom stereocenters. The minimum atomic E-state index is 0.0659. The highest BCUT2D eigenvalue weighted by Crippen LogP contribution is 2.47. The first kappa shape index (κ1) is 54.4. The van der Waals surface area contributed by atoms with Gasteiger partial charge in [-0.2, -0.15) is 0 Å². The van der Waals surface area contributed by atoms with Crippen LogP contribution in [0.4, 0.5) is 34.1 Å². The van der Waals surface area contributed by atoms with Crippen molar-refractivity contribution in [3.8, 4) is 84.9 Å². The molecule has 0 saturated heterocycles. The van der Waals surface area contributed by atoms with Gasteiger partial charge in [-0.05, 0) is 125 Å². The van der Waals surface area contributed by atoms with Crippen molar-refractivity contribution >= 4 is 111 Å². The molecule has 0 bridgehead atoms. The molecule has 0 aliphatic carbocycles. The van der Waals surface area contributed by atoms with E-state index in [1.807, 2.05) is 78.1 Å². The Morgan fingerprint density at radius 1 is 0.284 bits per heavy atom. The van der Waals surface area contributed by atoms with Crippen molar-refractivity contribution in [3.63, 3.8) is 0 Å². The second-order valence-corrected chi connectivity index (χ2v) is 25.3. The molecule has 0 spiro atoms. The van der Waals surface area contributed by atoms with Crippen LogP contribution in [0.2, 0.25) is 0 Å². The molecule has 17 aromatic rings. The Morgan fingerprint density at radius 2 is 0.789 bits per heavy atom. The molecule has 19 rings (SSSR count). The van der Waals surface area contributed by atoms with Crippen molar-refractivity contribution in [2.45, 2.75) is 0 Å². The van der Waals surface area contributed by atoms with Gasteiger partial charge in [-0.25, -0.2) is 24.9 Å². The van der Waals surface area contributed by atoms with E-state index in [0.29, 0.717) is 23.3 Å². The van der Waals surface area contributed by atoms with Gasteiger partial charge in [-0.15, -0.1) is 11.3 Å². The van der Waals surface area contributed by atoms with E-state index < -0.39 is 0 Å². The number of hydrogen-bond acceptors (Lipinski definition) is 8. The Labute approximate surface area is 552 Å². The van der Waals surface area contributed by atoms with E-state index in [1.54, 1.807) is 0 Å². The van der Waals surface area contributed by atoms with E-state index in [4.69, 9.17) is 24.9 Å². The highest BCUT2D eigenvalue weighted by Gasteiger charge is 2.43. The Balaban J connectivity index is 0.771. The number of nitrogens with zero attached hydrogens (tertiary/aromatic N) is 8. The lowest BCUT2D eigenvalue weighted by atomic mass is 9.33. The smallest absolute Gasteiger partial charge is 0.252 e. The molecule has 0 saturated carbocycles. The second kappa shape index (κ2) is 22.2. The van der Waals surface area contributed by atoms with E-state index in [9.17, 15) is 0 Å². The van der Waals surface area contributed by atoms with E-state index in [2.05, 4.69) is 269 Å². The second-order valence-electron chi connectivity index (χ2n) is 24.3. The number of aromatic nitrogens is 6. The maximum absolute atomic E-state index is 5.70. The molecule has 2 aliphatic rings. The summed E-state index contributed by atoms with van der Waals surface area (Å²) >= 11 is 1.85. The summed E-state index contributed by atoms with van der Waals surface area (Å²) in [6, 6.07) is 115. The van der Waals surface area contributed by atoms with Gasteiger partial charge in [0.05, 0.1) is 28.1 Å². The minimum Gasteiger partial charge on any atom is -0.311 e. The predicted molar refractivity (Wildman–Crippen MR) is 395 cm³/mol. The Bertz CT molecular complexity index is 5820. The van der Waals surface area contributed by atoms with Crippen LogP contribution in [-0.2, 0) is 0 Å². The third kappa shape index (κ3) is 9.02. The van der Waals surface area contributed by atoms with Gasteiger partial charge in [0.1, 0.15) is 0 Å². The molecule has 10 heteroatoms. The van der Waals surface area contributed by atoms with Gasteiger partial charge < -0.3 is 14.4 Å². The molecule has 2 aliphatic heterocycles. The maximum Gasteiger partial charge on any atom is 0.252 e. The van der Waals surface area contributed by atoms with Crippen LogP contribution in [-0.4, -0.2) is 36.2 Å². The molecule has 8 nitrogen and oxygen atoms in total. The predicted octanol–water partition coefficient (Wildman–Crippen LogP) is 19.9. The van der Waals surface area contributed by atoms with Crippen LogP contribution < -0.4 is 26.2 Å². The molecule has 0 amide bonds. The summed E-state index contributed by atoms with van der Waals surface area (Å²) in [4.78, 5) is 31.8. The first-order valence-electron chi connectivity index (χ1n) is 32.1. The number of benzene rings is 13. The van der Waals surface area contributed by atoms with Crippen LogP contribution in [0.3, 0.4) is 0 Å². The fourth-order valence-electron chi connectivity index (χ4n) is 14.6. The van der Waals surface area contributed by atoms with Crippen molar-refractivity contribution < 1.29 is 0 Å². The van der Waals surface area contributed by atoms with Crippen LogP contribution in [0, 0.1) is 0 Å². The van der Waals surface area contributed by atoms with E-state index in [1.165, 1.54) is 70.1 Å². The van der Waals surface area contributed by atoms with Gasteiger partial charge in [0.25, 0.3) is 6.71 Å². The lowest BCUT2D eigenvalue weighted by molar-refractivity contribution is 1.07. The SMILES string of the molecule is c1ccc(-c2cc(-c3cccc(-c4ccc(N5c6ccccc6B6c7ccccc7N(c7ccccc7)c7cccc5c76)cc4)c3)nc(-c3cc(-c4nc(-c5ccccc5)nc(-c5ccccc5)n4)ccc3-n3c4ccccc4c4c5sc6ccccc6c5ccc43)n2)cc1. The van der Waals surface area contributed by atoms with Crippen LogP contribution in [0.1, 0.15) is 0 Å². The minimum absolute atomic E-state index is 0.0659. The summed E-state index contributed by atoms with van der Waals surface area (Å²) in [5.41, 5.74) is 23.0. The van der Waals surface area contributed by atoms with Gasteiger partial charge in [-0.3, -0.25) is 0 Å². The van der Waals surface area contributed by atoms with Crippen LogP contribution in [0.15, 0.2) is 322 Å². The fourth-order valence-corrected chi connectivity index (χ4v) is 15.8. The summed E-state index contributed by atoms with van der Waals surface area (Å²) in [5.74, 6) is 2.27. The number of para-hydroxylation sites is 4. The van der Waals surface area contributed by atoms with Crippen molar-refractivity contribution in [2.75, 3.05) is 9.80 Å². The van der Waals surface area contributed by atoms with Crippen molar-refractivity contribution in [1.29, 1.82) is 0 Å². The lowest BCUT2D eigenvalue weighted by Gasteiger charge is -2.44. The summed E-state index contributed by atoms with van der Waals surface area (Å²) in [7, 11) is 0. The largest absolute Gasteiger partial charge is 0.311 e. The summed E-state index contributed by atoms with van der Waals surface area (Å²) in [6.07, 6.45) is 0. The molecule has 6 heterocycles. The molecule has 0 atom stereocenters. The van der Waals surface area contributed by atoms with Crippen LogP contribution in [0.25, 0.3) is 127 Å². The monoisotopic (exact) mass is 1230 g/mol. The van der Waals surface area contributed by atoms with Crippen molar-refractivity contribution in [3.05, 3.63) is 322 Å². The molecule has 0 fully saturated rings. The van der Waals surface area contributed by atoms with Crippen LogP contribution in [0.5, 0.6) is 0 Å². The van der Waals surface area contributed by atoms with Gasteiger partial charge in [-0.1, -0.05) is 224 Å². The summed E-state index contributed by atoms with van der Waals surface area (Å²) in [6.45, 7) is 0.0659. The molecule has 95 heavy (non-hydrogen) atoms. The number of fused-ring (bicyclic) bond motifs is 11. The topological polar surface area (TPSA) is 75.9 Å². The number of thiophene rings is 1. The van der Waals surface area contributed by atoms with Gasteiger partial charge in [0, 0.05) is 98.4 Å². The molecule has 0 radical (unpaired) electrons. The quantitative estimate of drug-likeness (QED) is 0.126. The normalized spacial score (nSPS) is 12.4. The fraction of sp³-hybridized carbons (Fsp3) is 0. The Kier molecular flexibility index (Phi) is 12.7. The molecular weight excluding hydrogens is 1180 g/mol. The first-order chi connectivity index (χ1) is 47.1. The first-order valence-corrected chi connectivity index (χ1v) is 32.9.